The summed E-state index contributed by atoms with van der Waals surface area (Å²) in [7, 11) is 2.27. The van der Waals surface area contributed by atoms with Crippen LogP contribution in [-0.2, 0) is 16.9 Å². The normalized spacial score (nSPS) is 19.6. The summed E-state index contributed by atoms with van der Waals surface area (Å²) in [6.07, 6.45) is 4.95. The molecule has 1 aliphatic heterocycles. The van der Waals surface area contributed by atoms with Crippen LogP contribution in [0, 0.1) is 0 Å². The van der Waals surface area contributed by atoms with E-state index in [1.165, 1.54) is 0 Å². The van der Waals surface area contributed by atoms with Crippen molar-refractivity contribution in [2.24, 2.45) is 7.05 Å². The van der Waals surface area contributed by atoms with Crippen LogP contribution < -0.4 is 4.90 Å². The van der Waals surface area contributed by atoms with Crippen LogP contribution in [0.1, 0.15) is 22.0 Å². The quantitative estimate of drug-likeness (QED) is 0.789. The Morgan fingerprint density at radius 2 is 2.12 bits per heavy atom. The Morgan fingerprint density at radius 1 is 1.36 bits per heavy atom. The molecule has 0 N–H and O–H groups in total. The fourth-order valence-corrected chi connectivity index (χ4v) is 4.40. The van der Waals surface area contributed by atoms with Gasteiger partial charge in [-0.2, -0.15) is 5.10 Å². The molecule has 134 valence electrons. The van der Waals surface area contributed by atoms with E-state index in [4.69, 9.17) is 0 Å². The van der Waals surface area contributed by atoms with Crippen molar-refractivity contribution in [1.29, 1.82) is 0 Å². The molecule has 3 heterocycles. The highest BCUT2D eigenvalue weighted by atomic mass is 32.2. The zero-order chi connectivity index (χ0) is 18.2. The second kappa shape index (κ2) is 6.47. The first kappa shape index (κ1) is 17.4. The molecule has 0 aromatic carbocycles. The second-order valence-corrected chi connectivity index (χ2v) is 8.60. The van der Waals surface area contributed by atoms with Gasteiger partial charge in [0.25, 0.3) is 5.91 Å². The minimum absolute atomic E-state index is 0.0267. The molecule has 0 aliphatic carbocycles. The van der Waals surface area contributed by atoms with E-state index < -0.39 is 15.9 Å². The molecule has 0 spiro atoms. The van der Waals surface area contributed by atoms with E-state index in [-0.39, 0.29) is 24.0 Å². The van der Waals surface area contributed by atoms with Gasteiger partial charge in [0.1, 0.15) is 5.82 Å². The molecule has 1 fully saturated rings. The lowest BCUT2D eigenvalue weighted by atomic mass is 10.1. The zero-order valence-electron chi connectivity index (χ0n) is 14.5. The Bertz CT molecular complexity index is 891. The van der Waals surface area contributed by atoms with Gasteiger partial charge < -0.3 is 9.80 Å². The smallest absolute Gasteiger partial charge is 0.254 e. The number of carbonyl (C=O) groups excluding carboxylic acids is 1. The lowest BCUT2D eigenvalue weighted by molar-refractivity contribution is 0.0697. The van der Waals surface area contributed by atoms with Crippen LogP contribution in [0.4, 0.5) is 5.82 Å². The van der Waals surface area contributed by atoms with E-state index in [0.717, 1.165) is 5.56 Å². The number of hydrogen-bond donors (Lipinski definition) is 0. The fraction of sp³-hybridized carbons (Fsp3) is 0.438. The maximum atomic E-state index is 13.0. The number of pyridine rings is 1. The predicted molar refractivity (Wildman–Crippen MR) is 94.2 cm³/mol. The third kappa shape index (κ3) is 3.65. The van der Waals surface area contributed by atoms with Gasteiger partial charge in [-0.15, -0.1) is 0 Å². The second-order valence-electron chi connectivity index (χ2n) is 6.37. The van der Waals surface area contributed by atoms with Crippen LogP contribution in [0.2, 0.25) is 0 Å². The molecule has 0 unspecified atom stereocenters. The van der Waals surface area contributed by atoms with E-state index in [0.29, 0.717) is 11.4 Å². The Balaban J connectivity index is 1.95. The van der Waals surface area contributed by atoms with Crippen LogP contribution >= 0.6 is 0 Å². The third-order valence-corrected chi connectivity index (χ3v) is 5.88. The molecule has 1 atom stereocenters. The summed E-state index contributed by atoms with van der Waals surface area (Å²) in [6.45, 7) is 0.167. The molecule has 0 saturated carbocycles. The number of anilines is 1. The molecule has 1 saturated heterocycles. The number of rotatable bonds is 3. The molecular weight excluding hydrogens is 342 g/mol. The number of aryl methyl sites for hydroxylation is 1. The number of sulfone groups is 1. The Labute approximate surface area is 147 Å². The number of carbonyl (C=O) groups is 1. The first-order valence-corrected chi connectivity index (χ1v) is 9.72. The van der Waals surface area contributed by atoms with Gasteiger partial charge >= 0.3 is 0 Å². The minimum atomic E-state index is -3.19. The van der Waals surface area contributed by atoms with Crippen LogP contribution in [0.15, 0.2) is 30.7 Å². The Morgan fingerprint density at radius 3 is 2.76 bits per heavy atom. The van der Waals surface area contributed by atoms with E-state index in [1.54, 1.807) is 47.4 Å². The first-order valence-electron chi connectivity index (χ1n) is 7.90. The lowest BCUT2D eigenvalue weighted by Crippen LogP contribution is -2.46. The minimum Gasteiger partial charge on any atom is -0.363 e. The van der Waals surface area contributed by atoms with E-state index in [2.05, 4.69) is 10.1 Å². The van der Waals surface area contributed by atoms with E-state index >= 15 is 0 Å². The molecule has 25 heavy (non-hydrogen) atoms. The summed E-state index contributed by atoms with van der Waals surface area (Å²) >= 11 is 0. The largest absolute Gasteiger partial charge is 0.363 e. The summed E-state index contributed by atoms with van der Waals surface area (Å²) in [5.74, 6) is 0.361. The SMILES string of the molecule is CN(C)c1cc(C(=O)N2CCS(=O)(=O)C[C@@H]2c2cnn(C)c2)ccn1. The summed E-state index contributed by atoms with van der Waals surface area (Å²) in [6, 6.07) is 2.83. The fourth-order valence-electron chi connectivity index (χ4n) is 2.90. The molecular formula is C16H21N5O3S. The van der Waals surface area contributed by atoms with Crippen LogP contribution in [0.5, 0.6) is 0 Å². The van der Waals surface area contributed by atoms with Crippen molar-refractivity contribution in [2.75, 3.05) is 37.0 Å². The standard InChI is InChI=1S/C16H21N5O3S/c1-19(2)15-8-12(4-5-17-15)16(22)21-6-7-25(23,24)11-14(21)13-9-18-20(3)10-13/h4-5,8-10,14H,6-7,11H2,1-3H3/t14-/m1/s1. The van der Waals surface area contributed by atoms with Crippen molar-refractivity contribution in [1.82, 2.24) is 19.7 Å². The average molecular weight is 363 g/mol. The zero-order valence-corrected chi connectivity index (χ0v) is 15.3. The monoisotopic (exact) mass is 363 g/mol. The van der Waals surface area contributed by atoms with E-state index in [9.17, 15) is 13.2 Å². The van der Waals surface area contributed by atoms with Crippen LogP contribution in [0.25, 0.3) is 0 Å². The summed E-state index contributed by atoms with van der Waals surface area (Å²) < 4.78 is 25.8. The number of aromatic nitrogens is 3. The molecule has 0 bridgehead atoms. The summed E-state index contributed by atoms with van der Waals surface area (Å²) in [4.78, 5) is 20.7. The molecule has 8 nitrogen and oxygen atoms in total. The molecule has 1 amide bonds. The van der Waals surface area contributed by atoms with Crippen molar-refractivity contribution in [3.05, 3.63) is 41.9 Å². The van der Waals surface area contributed by atoms with Crippen molar-refractivity contribution in [3.63, 3.8) is 0 Å². The number of nitrogens with zero attached hydrogens (tertiary/aromatic N) is 5. The van der Waals surface area contributed by atoms with Gasteiger partial charge in [-0.1, -0.05) is 0 Å². The summed E-state index contributed by atoms with van der Waals surface area (Å²) in [5.41, 5.74) is 1.22. The molecule has 2 aromatic rings. The van der Waals surface area contributed by atoms with Crippen molar-refractivity contribution >= 4 is 21.6 Å². The van der Waals surface area contributed by atoms with Gasteiger partial charge in [0.2, 0.25) is 0 Å². The predicted octanol–water partition coefficient (Wildman–Crippen LogP) is 0.493. The van der Waals surface area contributed by atoms with Gasteiger partial charge in [0.15, 0.2) is 9.84 Å². The Hall–Kier alpha value is -2.42. The van der Waals surface area contributed by atoms with Crippen molar-refractivity contribution in [3.8, 4) is 0 Å². The van der Waals surface area contributed by atoms with Crippen molar-refractivity contribution in [2.45, 2.75) is 6.04 Å². The number of hydrogen-bond acceptors (Lipinski definition) is 6. The highest BCUT2D eigenvalue weighted by Gasteiger charge is 2.36. The molecule has 3 rings (SSSR count). The van der Waals surface area contributed by atoms with Gasteiger partial charge in [0, 0.05) is 51.2 Å². The van der Waals surface area contributed by atoms with E-state index in [1.807, 2.05) is 19.0 Å². The molecule has 9 heteroatoms. The molecule has 0 radical (unpaired) electrons. The van der Waals surface area contributed by atoms with Gasteiger partial charge in [-0.05, 0) is 12.1 Å². The topological polar surface area (TPSA) is 88.4 Å². The van der Waals surface area contributed by atoms with Crippen LogP contribution in [-0.4, -0.2) is 66.1 Å². The maximum Gasteiger partial charge on any atom is 0.254 e. The van der Waals surface area contributed by atoms with Gasteiger partial charge in [-0.25, -0.2) is 13.4 Å². The highest BCUT2D eigenvalue weighted by molar-refractivity contribution is 7.91. The van der Waals surface area contributed by atoms with Gasteiger partial charge in [-0.3, -0.25) is 9.48 Å². The third-order valence-electron chi connectivity index (χ3n) is 4.25. The van der Waals surface area contributed by atoms with Gasteiger partial charge in [0.05, 0.1) is 23.7 Å². The number of amides is 1. The highest BCUT2D eigenvalue weighted by Crippen LogP contribution is 2.28. The van der Waals surface area contributed by atoms with Crippen LogP contribution in [0.3, 0.4) is 0 Å². The maximum absolute atomic E-state index is 13.0. The lowest BCUT2D eigenvalue weighted by Gasteiger charge is -2.35. The Kier molecular flexibility index (Phi) is 4.51. The van der Waals surface area contributed by atoms with Crippen molar-refractivity contribution < 1.29 is 13.2 Å². The molecule has 1 aliphatic rings. The average Bonchev–Trinajstić information content (AvgIpc) is 3.00. The molecule has 2 aromatic heterocycles. The first-order chi connectivity index (χ1) is 11.8. The summed E-state index contributed by atoms with van der Waals surface area (Å²) in [5, 5.41) is 4.11.